The Labute approximate surface area is 207 Å². The molecule has 8 heteroatoms. The van der Waals surface area contributed by atoms with E-state index in [0.717, 1.165) is 16.9 Å². The van der Waals surface area contributed by atoms with Gasteiger partial charge in [-0.1, -0.05) is 24.0 Å². The number of methoxy groups -OCH3 is 1. The van der Waals surface area contributed by atoms with E-state index in [1.807, 2.05) is 6.92 Å². The number of nitrogens with one attached hydrogen (secondary N) is 1. The summed E-state index contributed by atoms with van der Waals surface area (Å²) in [6, 6.07) is 14.2. The van der Waals surface area contributed by atoms with Gasteiger partial charge in [0.2, 0.25) is 5.78 Å². The van der Waals surface area contributed by atoms with Crippen molar-refractivity contribution >= 4 is 23.4 Å². The van der Waals surface area contributed by atoms with E-state index >= 15 is 0 Å². The minimum Gasteiger partial charge on any atom is -0.872 e. The Bertz CT molecular complexity index is 1380. The fourth-order valence-corrected chi connectivity index (χ4v) is 4.74. The Balaban J connectivity index is 1.62. The molecule has 1 N–H and O–H groups in total. The molecule has 3 aromatic rings. The van der Waals surface area contributed by atoms with Crippen molar-refractivity contribution in [1.82, 2.24) is 4.90 Å². The lowest BCUT2D eigenvalue weighted by Crippen LogP contribution is -2.29. The van der Waals surface area contributed by atoms with Crippen molar-refractivity contribution in [2.75, 3.05) is 7.11 Å². The highest BCUT2D eigenvalue weighted by molar-refractivity contribution is 6.46. The van der Waals surface area contributed by atoms with Crippen LogP contribution < -0.4 is 14.8 Å². The lowest BCUT2D eigenvalue weighted by Gasteiger charge is -2.27. The standard InChI is InChI=1S/C28H24N2O6/c1-16-13-21-14-20(7-8-22(21)36-16)25(31)23-24(18-3-5-19(6-4-18)28(34)35-2)30(27(33)26(23)32)15-17-9-11-29-12-10-17/h3-12,14,16,24,31H,13,15H2,1-2H3. The first-order valence-electron chi connectivity index (χ1n) is 11.6. The van der Waals surface area contributed by atoms with Crippen LogP contribution in [0.3, 0.4) is 0 Å². The predicted octanol–water partition coefficient (Wildman–Crippen LogP) is 2.03. The Morgan fingerprint density at radius 2 is 1.78 bits per heavy atom. The van der Waals surface area contributed by atoms with Crippen molar-refractivity contribution in [2.45, 2.75) is 32.0 Å². The molecule has 0 radical (unpaired) electrons. The van der Waals surface area contributed by atoms with E-state index in [2.05, 4.69) is 4.98 Å². The molecule has 2 atom stereocenters. The molecule has 2 aromatic carbocycles. The van der Waals surface area contributed by atoms with Gasteiger partial charge in [0.05, 0.1) is 18.7 Å². The Hall–Kier alpha value is -4.46. The zero-order valence-corrected chi connectivity index (χ0v) is 19.8. The van der Waals surface area contributed by atoms with Crippen LogP contribution in [0.25, 0.3) is 5.76 Å². The van der Waals surface area contributed by atoms with Crippen LogP contribution in [0.5, 0.6) is 5.75 Å². The van der Waals surface area contributed by atoms with E-state index in [9.17, 15) is 19.5 Å². The molecule has 2 aliphatic heterocycles. The van der Waals surface area contributed by atoms with Crippen LogP contribution in [0.15, 0.2) is 72.6 Å². The summed E-state index contributed by atoms with van der Waals surface area (Å²) in [5.74, 6) is -1.86. The molecule has 0 aliphatic carbocycles. The minimum absolute atomic E-state index is 0.00683. The zero-order chi connectivity index (χ0) is 25.4. The number of likely N-dealkylation sites (tertiary alicyclic amines) is 1. The monoisotopic (exact) mass is 484 g/mol. The number of carbonyl (C=O) groups is 3. The number of H-pyrrole nitrogens is 1. The number of benzene rings is 2. The van der Waals surface area contributed by atoms with Gasteiger partial charge >= 0.3 is 5.97 Å². The van der Waals surface area contributed by atoms with Gasteiger partial charge in [-0.3, -0.25) is 9.59 Å². The van der Waals surface area contributed by atoms with Crippen LogP contribution in [-0.2, 0) is 27.3 Å². The van der Waals surface area contributed by atoms with Gasteiger partial charge in [0.1, 0.15) is 11.9 Å². The molecule has 2 aliphatic rings. The predicted molar refractivity (Wildman–Crippen MR) is 126 cm³/mol. The third-order valence-electron chi connectivity index (χ3n) is 6.48. The molecule has 1 aromatic heterocycles. The largest absolute Gasteiger partial charge is 0.872 e. The van der Waals surface area contributed by atoms with Crippen LogP contribution in [0, 0.1) is 0 Å². The van der Waals surface area contributed by atoms with Crippen molar-refractivity contribution in [3.05, 3.63) is 100 Å². The molecule has 1 fully saturated rings. The molecule has 182 valence electrons. The van der Waals surface area contributed by atoms with Gasteiger partial charge in [-0.05, 0) is 53.4 Å². The van der Waals surface area contributed by atoms with Crippen molar-refractivity contribution in [2.24, 2.45) is 0 Å². The summed E-state index contributed by atoms with van der Waals surface area (Å²) < 4.78 is 10.5. The topological polar surface area (TPSA) is 110 Å². The quantitative estimate of drug-likeness (QED) is 0.237. The van der Waals surface area contributed by atoms with Crippen molar-refractivity contribution in [3.8, 4) is 5.75 Å². The number of nitrogens with zero attached hydrogens (tertiary/aromatic N) is 1. The van der Waals surface area contributed by atoms with Crippen molar-refractivity contribution < 1.29 is 33.9 Å². The number of aromatic nitrogens is 1. The fourth-order valence-electron chi connectivity index (χ4n) is 4.74. The highest BCUT2D eigenvalue weighted by atomic mass is 16.5. The SMILES string of the molecule is COC(=O)c1ccc(C2C(=C([O-])c3ccc4c(c3)CC(C)O4)C(=O)C(=O)N2Cc2cc[nH+]cc2)cc1. The highest BCUT2D eigenvalue weighted by Gasteiger charge is 2.44. The second-order valence-corrected chi connectivity index (χ2v) is 8.88. The van der Waals surface area contributed by atoms with Crippen LogP contribution in [-0.4, -0.2) is 35.8 Å². The number of hydrogen-bond donors (Lipinski definition) is 0. The second kappa shape index (κ2) is 9.30. The molecule has 36 heavy (non-hydrogen) atoms. The summed E-state index contributed by atoms with van der Waals surface area (Å²) in [6.45, 7) is 2.08. The summed E-state index contributed by atoms with van der Waals surface area (Å²) in [5, 5.41) is 13.7. The number of ether oxygens (including phenoxy) is 2. The minimum atomic E-state index is -0.906. The highest BCUT2D eigenvalue weighted by Crippen LogP contribution is 2.40. The molecule has 0 bridgehead atoms. The number of hydrogen-bond acceptors (Lipinski definition) is 6. The van der Waals surface area contributed by atoms with Crippen LogP contribution in [0.1, 0.15) is 45.6 Å². The van der Waals surface area contributed by atoms with Gasteiger partial charge < -0.3 is 19.5 Å². The Kier molecular flexibility index (Phi) is 6.01. The Morgan fingerprint density at radius 1 is 1.08 bits per heavy atom. The lowest BCUT2D eigenvalue weighted by atomic mass is 9.94. The average Bonchev–Trinajstić information content (AvgIpc) is 3.39. The first-order chi connectivity index (χ1) is 17.4. The number of carbonyl (C=O) groups excluding carboxylic acids is 3. The number of fused-ring (bicyclic) bond motifs is 1. The van der Waals surface area contributed by atoms with E-state index in [0.29, 0.717) is 23.1 Å². The summed E-state index contributed by atoms with van der Waals surface area (Å²) >= 11 is 0. The molecule has 1 saturated heterocycles. The molecule has 3 heterocycles. The maximum absolute atomic E-state index is 13.7. The van der Waals surface area contributed by atoms with Crippen molar-refractivity contribution in [3.63, 3.8) is 0 Å². The first-order valence-corrected chi connectivity index (χ1v) is 11.6. The molecule has 0 saturated carbocycles. The summed E-state index contributed by atoms with van der Waals surface area (Å²) in [6.07, 6.45) is 4.11. The third-order valence-corrected chi connectivity index (χ3v) is 6.48. The van der Waals surface area contributed by atoms with Crippen LogP contribution in [0.4, 0.5) is 0 Å². The van der Waals surface area contributed by atoms with Gasteiger partial charge in [-0.15, -0.1) is 0 Å². The zero-order valence-electron chi connectivity index (χ0n) is 19.8. The van der Waals surface area contributed by atoms with E-state index in [4.69, 9.17) is 9.47 Å². The van der Waals surface area contributed by atoms with E-state index in [1.54, 1.807) is 67.0 Å². The lowest BCUT2D eigenvalue weighted by molar-refractivity contribution is -0.378. The average molecular weight is 485 g/mol. The first kappa shape index (κ1) is 23.3. The molecule has 8 nitrogen and oxygen atoms in total. The van der Waals surface area contributed by atoms with Crippen LogP contribution >= 0.6 is 0 Å². The van der Waals surface area contributed by atoms with E-state index in [1.165, 1.54) is 12.0 Å². The number of amides is 1. The molecule has 0 spiro atoms. The molecular formula is C28H24N2O6. The summed E-state index contributed by atoms with van der Waals surface area (Å²) in [7, 11) is 1.29. The molecule has 2 unspecified atom stereocenters. The smallest absolute Gasteiger partial charge is 0.337 e. The van der Waals surface area contributed by atoms with E-state index in [-0.39, 0.29) is 18.2 Å². The summed E-state index contributed by atoms with van der Waals surface area (Å²) in [5.41, 5.74) is 2.77. The number of esters is 1. The fraction of sp³-hybridized carbons (Fsp3) is 0.214. The number of aromatic amines is 1. The van der Waals surface area contributed by atoms with E-state index < -0.39 is 29.5 Å². The normalized spacial score (nSPS) is 20.2. The second-order valence-electron chi connectivity index (χ2n) is 8.88. The summed E-state index contributed by atoms with van der Waals surface area (Å²) in [4.78, 5) is 42.7. The maximum Gasteiger partial charge on any atom is 0.337 e. The van der Waals surface area contributed by atoms with Gasteiger partial charge in [0.25, 0.3) is 5.91 Å². The number of rotatable bonds is 5. The molecule has 5 rings (SSSR count). The van der Waals surface area contributed by atoms with Gasteiger partial charge in [-0.25, -0.2) is 9.78 Å². The number of Topliss-reactive ketones (excluding diaryl/α,β-unsaturated/α-hetero) is 1. The third kappa shape index (κ3) is 4.11. The van der Waals surface area contributed by atoms with Gasteiger partial charge in [0.15, 0.2) is 12.4 Å². The number of pyridine rings is 1. The molecule has 1 amide bonds. The Morgan fingerprint density at radius 3 is 2.47 bits per heavy atom. The van der Waals surface area contributed by atoms with Crippen molar-refractivity contribution in [1.29, 1.82) is 0 Å². The number of ketones is 1. The molecular weight excluding hydrogens is 460 g/mol. The van der Waals surface area contributed by atoms with Gasteiger partial charge in [-0.2, -0.15) is 0 Å². The van der Waals surface area contributed by atoms with Gasteiger partial charge in [0, 0.05) is 30.7 Å². The van der Waals surface area contributed by atoms with Crippen LogP contribution in [0.2, 0.25) is 0 Å². The maximum atomic E-state index is 13.7.